The molecule has 3 rings (SSSR count). The van der Waals surface area contributed by atoms with Gasteiger partial charge in [0, 0.05) is 36.5 Å². The van der Waals surface area contributed by atoms with Gasteiger partial charge in [-0.1, -0.05) is 0 Å². The van der Waals surface area contributed by atoms with E-state index in [4.69, 9.17) is 9.47 Å². The van der Waals surface area contributed by atoms with E-state index in [9.17, 15) is 14.9 Å². The van der Waals surface area contributed by atoms with Crippen molar-refractivity contribution >= 4 is 11.6 Å². The molecule has 136 valence electrons. The molecule has 0 spiro atoms. The quantitative estimate of drug-likeness (QED) is 0.595. The van der Waals surface area contributed by atoms with Gasteiger partial charge in [0.15, 0.2) is 0 Å². The molecule has 0 saturated carbocycles. The van der Waals surface area contributed by atoms with Gasteiger partial charge in [-0.15, -0.1) is 0 Å². The number of rotatable bonds is 5. The normalized spacial score (nSPS) is 16.8. The van der Waals surface area contributed by atoms with Crippen molar-refractivity contribution in [3.63, 3.8) is 0 Å². The molecule has 9 nitrogen and oxygen atoms in total. The molecule has 1 aliphatic rings. The largest absolute Gasteiger partial charge is 0.472 e. The molecule has 1 aliphatic heterocycles. The molecule has 1 amide bonds. The first kappa shape index (κ1) is 17.6. The first-order valence-electron chi connectivity index (χ1n) is 8.14. The number of likely N-dealkylation sites (tertiary alicyclic amines) is 1. The Balaban J connectivity index is 1.65. The number of carbonyl (C=O) groups is 1. The predicted molar refractivity (Wildman–Crippen MR) is 91.2 cm³/mol. The van der Waals surface area contributed by atoms with Crippen molar-refractivity contribution in [2.24, 2.45) is 0 Å². The maximum Gasteiger partial charge on any atom is 0.319 e. The minimum absolute atomic E-state index is 0.0425. The average Bonchev–Trinajstić information content (AvgIpc) is 2.68. The van der Waals surface area contributed by atoms with E-state index in [2.05, 4.69) is 9.97 Å². The van der Waals surface area contributed by atoms with Crippen molar-refractivity contribution in [3.05, 3.63) is 52.2 Å². The highest BCUT2D eigenvalue weighted by Gasteiger charge is 2.26. The second kappa shape index (κ2) is 7.77. The highest BCUT2D eigenvalue weighted by atomic mass is 16.6. The average molecular weight is 358 g/mol. The topological polar surface area (TPSA) is 108 Å². The Morgan fingerprint density at radius 3 is 2.77 bits per heavy atom. The Kier molecular flexibility index (Phi) is 5.26. The van der Waals surface area contributed by atoms with Crippen molar-refractivity contribution < 1.29 is 19.2 Å². The van der Waals surface area contributed by atoms with Gasteiger partial charge >= 0.3 is 6.01 Å². The zero-order valence-corrected chi connectivity index (χ0v) is 14.2. The second-order valence-electron chi connectivity index (χ2n) is 5.82. The number of non-ortho nitro benzene ring substituents is 1. The SMILES string of the molecule is COc1nccc(OC2CCCN(C(=O)c3ccc([N+](=O)[O-])cc3)C2)n1. The number of hydrogen-bond acceptors (Lipinski definition) is 7. The summed E-state index contributed by atoms with van der Waals surface area (Å²) in [4.78, 5) is 32.6. The number of ether oxygens (including phenoxy) is 2. The monoisotopic (exact) mass is 358 g/mol. The summed E-state index contributed by atoms with van der Waals surface area (Å²) in [5.74, 6) is 0.222. The molecular formula is C17H18N4O5. The predicted octanol–water partition coefficient (Wildman–Crippen LogP) is 2.08. The Morgan fingerprint density at radius 1 is 1.31 bits per heavy atom. The lowest BCUT2D eigenvalue weighted by Gasteiger charge is -2.32. The number of methoxy groups -OCH3 is 1. The lowest BCUT2D eigenvalue weighted by atomic mass is 10.1. The van der Waals surface area contributed by atoms with Crippen LogP contribution in [0.5, 0.6) is 11.9 Å². The molecule has 1 fully saturated rings. The maximum absolute atomic E-state index is 12.6. The fraction of sp³-hybridized carbons (Fsp3) is 0.353. The lowest BCUT2D eigenvalue weighted by molar-refractivity contribution is -0.384. The van der Waals surface area contributed by atoms with Crippen molar-refractivity contribution in [1.82, 2.24) is 14.9 Å². The Labute approximate surface area is 149 Å². The molecule has 1 aromatic carbocycles. The van der Waals surface area contributed by atoms with Crippen molar-refractivity contribution in [3.8, 4) is 11.9 Å². The summed E-state index contributed by atoms with van der Waals surface area (Å²) in [6.45, 7) is 1.03. The second-order valence-corrected chi connectivity index (χ2v) is 5.82. The van der Waals surface area contributed by atoms with Crippen LogP contribution in [0.2, 0.25) is 0 Å². The zero-order valence-electron chi connectivity index (χ0n) is 14.2. The van der Waals surface area contributed by atoms with Crippen LogP contribution in [0, 0.1) is 10.1 Å². The minimum Gasteiger partial charge on any atom is -0.472 e. The number of nitro benzene ring substituents is 1. The molecule has 1 atom stereocenters. The number of nitrogens with zero attached hydrogens (tertiary/aromatic N) is 4. The van der Waals surface area contributed by atoms with Crippen LogP contribution < -0.4 is 9.47 Å². The van der Waals surface area contributed by atoms with Crippen LogP contribution in [0.3, 0.4) is 0 Å². The molecule has 0 aliphatic carbocycles. The van der Waals surface area contributed by atoms with E-state index in [1.54, 1.807) is 17.2 Å². The summed E-state index contributed by atoms with van der Waals surface area (Å²) in [6, 6.07) is 7.47. The van der Waals surface area contributed by atoms with E-state index in [0.717, 1.165) is 12.8 Å². The van der Waals surface area contributed by atoms with E-state index in [1.807, 2.05) is 0 Å². The number of amides is 1. The summed E-state index contributed by atoms with van der Waals surface area (Å²) < 4.78 is 10.8. The summed E-state index contributed by atoms with van der Waals surface area (Å²) in [6.07, 6.45) is 2.96. The summed E-state index contributed by atoms with van der Waals surface area (Å²) in [5.41, 5.74) is 0.374. The maximum atomic E-state index is 12.6. The Bertz CT molecular complexity index is 796. The van der Waals surface area contributed by atoms with Gasteiger partial charge in [-0.2, -0.15) is 4.98 Å². The van der Waals surface area contributed by atoms with Gasteiger partial charge in [-0.25, -0.2) is 4.98 Å². The fourth-order valence-electron chi connectivity index (χ4n) is 2.79. The molecule has 1 saturated heterocycles. The molecule has 2 heterocycles. The molecule has 0 bridgehead atoms. The van der Waals surface area contributed by atoms with Crippen LogP contribution >= 0.6 is 0 Å². The van der Waals surface area contributed by atoms with Crippen molar-refractivity contribution in [2.45, 2.75) is 18.9 Å². The number of carbonyl (C=O) groups excluding carboxylic acids is 1. The molecular weight excluding hydrogens is 340 g/mol. The third-order valence-corrected chi connectivity index (χ3v) is 4.07. The van der Waals surface area contributed by atoms with E-state index in [1.165, 1.54) is 31.4 Å². The smallest absolute Gasteiger partial charge is 0.319 e. The molecule has 26 heavy (non-hydrogen) atoms. The Morgan fingerprint density at radius 2 is 2.08 bits per heavy atom. The first-order chi connectivity index (χ1) is 12.6. The van der Waals surface area contributed by atoms with E-state index in [-0.39, 0.29) is 23.7 Å². The fourth-order valence-corrected chi connectivity index (χ4v) is 2.79. The highest BCUT2D eigenvalue weighted by molar-refractivity contribution is 5.94. The van der Waals surface area contributed by atoms with Gasteiger partial charge < -0.3 is 14.4 Å². The Hall–Kier alpha value is -3.23. The highest BCUT2D eigenvalue weighted by Crippen LogP contribution is 2.20. The molecule has 2 aromatic rings. The summed E-state index contributed by atoms with van der Waals surface area (Å²) >= 11 is 0. The molecule has 0 N–H and O–H groups in total. The van der Waals surface area contributed by atoms with Crippen LogP contribution in [-0.4, -0.2) is 52.0 Å². The molecule has 1 aromatic heterocycles. The van der Waals surface area contributed by atoms with Gasteiger partial charge in [-0.05, 0) is 25.0 Å². The summed E-state index contributed by atoms with van der Waals surface area (Å²) in [7, 11) is 1.48. The van der Waals surface area contributed by atoms with Crippen molar-refractivity contribution in [2.75, 3.05) is 20.2 Å². The zero-order chi connectivity index (χ0) is 18.5. The van der Waals surface area contributed by atoms with Crippen LogP contribution in [-0.2, 0) is 0 Å². The lowest BCUT2D eigenvalue weighted by Crippen LogP contribution is -2.44. The van der Waals surface area contributed by atoms with E-state index >= 15 is 0 Å². The van der Waals surface area contributed by atoms with Crippen LogP contribution in [0.25, 0.3) is 0 Å². The summed E-state index contributed by atoms with van der Waals surface area (Å²) in [5, 5.41) is 10.7. The van der Waals surface area contributed by atoms with Gasteiger partial charge in [0.1, 0.15) is 6.10 Å². The third-order valence-electron chi connectivity index (χ3n) is 4.07. The molecule has 1 unspecified atom stereocenters. The minimum atomic E-state index is -0.491. The van der Waals surface area contributed by atoms with E-state index < -0.39 is 4.92 Å². The number of hydrogen-bond donors (Lipinski definition) is 0. The number of piperidine rings is 1. The van der Waals surface area contributed by atoms with Gasteiger partial charge in [0.05, 0.1) is 18.6 Å². The number of aromatic nitrogens is 2. The first-order valence-corrected chi connectivity index (χ1v) is 8.14. The van der Waals surface area contributed by atoms with Crippen LogP contribution in [0.4, 0.5) is 5.69 Å². The number of nitro groups is 1. The van der Waals surface area contributed by atoms with Gasteiger partial charge in [0.25, 0.3) is 11.6 Å². The van der Waals surface area contributed by atoms with Gasteiger partial charge in [0.2, 0.25) is 5.88 Å². The van der Waals surface area contributed by atoms with Crippen molar-refractivity contribution in [1.29, 1.82) is 0 Å². The third kappa shape index (κ3) is 4.05. The van der Waals surface area contributed by atoms with Crippen LogP contribution in [0.1, 0.15) is 23.2 Å². The molecule has 9 heteroatoms. The van der Waals surface area contributed by atoms with Gasteiger partial charge in [-0.3, -0.25) is 14.9 Å². The molecule has 0 radical (unpaired) electrons. The number of benzene rings is 1. The van der Waals surface area contributed by atoms with E-state index in [0.29, 0.717) is 24.5 Å². The van der Waals surface area contributed by atoms with Crippen LogP contribution in [0.15, 0.2) is 36.5 Å². The standard InChI is InChI=1S/C17H18N4O5/c1-25-17-18-9-8-15(19-17)26-14-3-2-10-20(11-14)16(22)12-4-6-13(7-5-12)21(23)24/h4-9,14H,2-3,10-11H2,1H3.